The molecule has 4 rings (SSSR count). The van der Waals surface area contributed by atoms with E-state index in [0.29, 0.717) is 17.9 Å². The van der Waals surface area contributed by atoms with E-state index in [4.69, 9.17) is 9.47 Å². The Hall–Kier alpha value is -3.59. The highest BCUT2D eigenvalue weighted by Gasteiger charge is 2.09. The summed E-state index contributed by atoms with van der Waals surface area (Å²) in [5, 5.41) is 2.15. The van der Waals surface area contributed by atoms with Crippen molar-refractivity contribution in [1.29, 1.82) is 0 Å². The summed E-state index contributed by atoms with van der Waals surface area (Å²) in [7, 11) is 0. The molecular formula is C25H20O3. The maximum Gasteiger partial charge on any atom is 0.343 e. The van der Waals surface area contributed by atoms with E-state index in [2.05, 4.69) is 12.1 Å². The van der Waals surface area contributed by atoms with Crippen molar-refractivity contribution in [2.24, 2.45) is 0 Å². The van der Waals surface area contributed by atoms with E-state index in [9.17, 15) is 4.79 Å². The third-order valence-corrected chi connectivity index (χ3v) is 4.52. The lowest BCUT2D eigenvalue weighted by atomic mass is 10.1. The zero-order valence-electron chi connectivity index (χ0n) is 15.4. The minimum absolute atomic E-state index is 0.383. The molecule has 0 aliphatic rings. The first-order chi connectivity index (χ1) is 13.8. The van der Waals surface area contributed by atoms with Crippen LogP contribution in [0.5, 0.6) is 11.5 Å². The fourth-order valence-corrected chi connectivity index (χ4v) is 3.02. The first-order valence-corrected chi connectivity index (χ1v) is 9.26. The number of hydrogen-bond donors (Lipinski definition) is 0. The lowest BCUT2D eigenvalue weighted by Gasteiger charge is -2.08. The molecule has 0 saturated carbocycles. The number of hydrogen-bond acceptors (Lipinski definition) is 3. The van der Waals surface area contributed by atoms with Crippen LogP contribution in [0, 0.1) is 0 Å². The summed E-state index contributed by atoms with van der Waals surface area (Å²) in [4.78, 5) is 12.4. The lowest BCUT2D eigenvalue weighted by molar-refractivity contribution is 0.0735. The third kappa shape index (κ3) is 4.38. The van der Waals surface area contributed by atoms with Gasteiger partial charge < -0.3 is 9.47 Å². The molecule has 0 heterocycles. The average Bonchev–Trinajstić information content (AvgIpc) is 2.75. The van der Waals surface area contributed by atoms with Gasteiger partial charge in [-0.1, -0.05) is 60.7 Å². The third-order valence-electron chi connectivity index (χ3n) is 4.52. The van der Waals surface area contributed by atoms with E-state index >= 15 is 0 Å². The van der Waals surface area contributed by atoms with Crippen molar-refractivity contribution in [2.45, 2.75) is 6.42 Å². The summed E-state index contributed by atoms with van der Waals surface area (Å²) in [5.41, 5.74) is 1.72. The van der Waals surface area contributed by atoms with Crippen LogP contribution in [0.2, 0.25) is 0 Å². The van der Waals surface area contributed by atoms with Gasteiger partial charge in [0, 0.05) is 6.42 Å². The van der Waals surface area contributed by atoms with Gasteiger partial charge in [-0.15, -0.1) is 0 Å². The van der Waals surface area contributed by atoms with E-state index in [0.717, 1.165) is 22.9 Å². The van der Waals surface area contributed by atoms with Gasteiger partial charge in [-0.2, -0.15) is 0 Å². The van der Waals surface area contributed by atoms with Crippen LogP contribution < -0.4 is 9.47 Å². The number of benzene rings is 4. The largest absolute Gasteiger partial charge is 0.493 e. The van der Waals surface area contributed by atoms with Gasteiger partial charge in [-0.05, 0) is 52.7 Å². The summed E-state index contributed by atoms with van der Waals surface area (Å²) in [5.74, 6) is 0.885. The van der Waals surface area contributed by atoms with Crippen LogP contribution in [-0.2, 0) is 6.42 Å². The van der Waals surface area contributed by atoms with E-state index in [1.165, 1.54) is 5.56 Å². The molecule has 0 fully saturated rings. The van der Waals surface area contributed by atoms with Gasteiger partial charge in [0.15, 0.2) is 0 Å². The molecule has 0 radical (unpaired) electrons. The molecular weight excluding hydrogens is 348 g/mol. The molecule has 0 aliphatic heterocycles. The van der Waals surface area contributed by atoms with E-state index < -0.39 is 0 Å². The van der Waals surface area contributed by atoms with Crippen molar-refractivity contribution in [3.63, 3.8) is 0 Å². The Morgan fingerprint density at radius 3 is 2.14 bits per heavy atom. The second-order valence-corrected chi connectivity index (χ2v) is 6.51. The van der Waals surface area contributed by atoms with Crippen LogP contribution in [0.3, 0.4) is 0 Å². The summed E-state index contributed by atoms with van der Waals surface area (Å²) in [6, 6.07) is 30.8. The highest BCUT2D eigenvalue weighted by atomic mass is 16.5. The topological polar surface area (TPSA) is 35.5 Å². The van der Waals surface area contributed by atoms with Crippen LogP contribution >= 0.6 is 0 Å². The molecule has 0 amide bonds. The lowest BCUT2D eigenvalue weighted by Crippen LogP contribution is -2.08. The number of ether oxygens (including phenoxy) is 2. The molecule has 0 bridgehead atoms. The molecule has 0 spiro atoms. The predicted octanol–water partition coefficient (Wildman–Crippen LogP) is 5.68. The smallest absolute Gasteiger partial charge is 0.343 e. The molecule has 3 heteroatoms. The van der Waals surface area contributed by atoms with Gasteiger partial charge in [0.05, 0.1) is 12.2 Å². The van der Waals surface area contributed by atoms with Gasteiger partial charge in [0.1, 0.15) is 11.5 Å². The van der Waals surface area contributed by atoms with Crippen LogP contribution in [0.4, 0.5) is 0 Å². The molecule has 3 nitrogen and oxygen atoms in total. The summed E-state index contributed by atoms with van der Waals surface area (Å²) in [6.07, 6.45) is 0.840. The maximum atomic E-state index is 12.4. The van der Waals surface area contributed by atoms with Gasteiger partial charge in [-0.3, -0.25) is 0 Å². The van der Waals surface area contributed by atoms with E-state index in [1.807, 2.05) is 54.6 Å². The van der Waals surface area contributed by atoms with Gasteiger partial charge in [-0.25, -0.2) is 4.79 Å². The van der Waals surface area contributed by atoms with Gasteiger partial charge in [0.25, 0.3) is 0 Å². The zero-order valence-corrected chi connectivity index (χ0v) is 15.4. The van der Waals surface area contributed by atoms with Crippen LogP contribution in [0.15, 0.2) is 97.1 Å². The van der Waals surface area contributed by atoms with Crippen molar-refractivity contribution >= 4 is 16.7 Å². The van der Waals surface area contributed by atoms with Crippen molar-refractivity contribution in [3.8, 4) is 11.5 Å². The molecule has 0 aliphatic carbocycles. The fourth-order valence-electron chi connectivity index (χ4n) is 3.02. The van der Waals surface area contributed by atoms with Crippen molar-refractivity contribution in [1.82, 2.24) is 0 Å². The van der Waals surface area contributed by atoms with Crippen LogP contribution in [-0.4, -0.2) is 12.6 Å². The Balaban J connectivity index is 1.35. The number of carbonyl (C=O) groups excluding carboxylic acids is 1. The number of esters is 1. The summed E-state index contributed by atoms with van der Waals surface area (Å²) >= 11 is 0. The number of fused-ring (bicyclic) bond motifs is 1. The first kappa shape index (κ1) is 17.8. The summed E-state index contributed by atoms with van der Waals surface area (Å²) < 4.78 is 11.3. The van der Waals surface area contributed by atoms with Crippen molar-refractivity contribution in [3.05, 3.63) is 108 Å². The molecule has 0 unspecified atom stereocenters. The maximum absolute atomic E-state index is 12.4. The Kier molecular flexibility index (Phi) is 5.34. The number of rotatable bonds is 6. The molecule has 4 aromatic carbocycles. The molecule has 0 N–H and O–H groups in total. The molecule has 4 aromatic rings. The van der Waals surface area contributed by atoms with Crippen molar-refractivity contribution in [2.75, 3.05) is 6.61 Å². The molecule has 0 aromatic heterocycles. The minimum Gasteiger partial charge on any atom is -0.493 e. The Morgan fingerprint density at radius 1 is 0.679 bits per heavy atom. The van der Waals surface area contributed by atoms with Crippen LogP contribution in [0.1, 0.15) is 15.9 Å². The standard InChI is InChI=1S/C25H20O3/c26-25(28-24-15-10-20-8-4-5-9-22(20)18-24)21-11-13-23(14-12-21)27-17-16-19-6-2-1-3-7-19/h1-15,18H,16-17H2. The van der Waals surface area contributed by atoms with Gasteiger partial charge in [0.2, 0.25) is 0 Å². The van der Waals surface area contributed by atoms with E-state index in [-0.39, 0.29) is 5.97 Å². The highest BCUT2D eigenvalue weighted by molar-refractivity contribution is 5.92. The highest BCUT2D eigenvalue weighted by Crippen LogP contribution is 2.22. The summed E-state index contributed by atoms with van der Waals surface area (Å²) in [6.45, 7) is 0.588. The molecule has 0 saturated heterocycles. The second kappa shape index (κ2) is 8.40. The Morgan fingerprint density at radius 2 is 1.36 bits per heavy atom. The zero-order chi connectivity index (χ0) is 19.2. The van der Waals surface area contributed by atoms with Crippen LogP contribution in [0.25, 0.3) is 10.8 Å². The quantitative estimate of drug-likeness (QED) is 0.324. The fraction of sp³-hybridized carbons (Fsp3) is 0.0800. The number of carbonyl (C=O) groups is 1. The molecule has 138 valence electrons. The van der Waals surface area contributed by atoms with Crippen molar-refractivity contribution < 1.29 is 14.3 Å². The second-order valence-electron chi connectivity index (χ2n) is 6.51. The molecule has 0 atom stereocenters. The Bertz CT molecular complexity index is 1070. The van der Waals surface area contributed by atoms with Gasteiger partial charge >= 0.3 is 5.97 Å². The predicted molar refractivity (Wildman–Crippen MR) is 111 cm³/mol. The Labute approximate surface area is 164 Å². The minimum atomic E-state index is -0.383. The normalized spacial score (nSPS) is 10.6. The monoisotopic (exact) mass is 368 g/mol. The van der Waals surface area contributed by atoms with E-state index in [1.54, 1.807) is 30.3 Å². The molecule has 28 heavy (non-hydrogen) atoms. The average molecular weight is 368 g/mol. The first-order valence-electron chi connectivity index (χ1n) is 9.26. The SMILES string of the molecule is O=C(Oc1ccc2ccccc2c1)c1ccc(OCCc2ccccc2)cc1.